The molecule has 0 aliphatic carbocycles. The summed E-state index contributed by atoms with van der Waals surface area (Å²) in [5, 5.41) is 0. The molecule has 0 amide bonds. The fraction of sp³-hybridized carbons (Fsp3) is 0.303. The van der Waals surface area contributed by atoms with Crippen LogP contribution in [0.1, 0.15) is 61.8 Å². The van der Waals surface area contributed by atoms with E-state index in [0.29, 0.717) is 31.9 Å². The molecule has 3 heterocycles. The standard InChI is InChI=1S/C33H35N3O4S/c1-8-39-32(38)29-22(6)34-33-36(30(29)25-14-10-12-16-27(25)40-19(2)3)31(37)28(41-33)18-24-17-21(5)35(23(24)7)26-15-11-9-13-20(26)4/h9-19,30H,8H2,1-7H3/b28-18+/t30-/m1/s1. The van der Waals surface area contributed by atoms with Crippen LogP contribution in [0, 0.1) is 20.8 Å². The van der Waals surface area contributed by atoms with Crippen LogP contribution in [0.3, 0.4) is 0 Å². The molecule has 5 rings (SSSR count). The molecule has 2 aromatic heterocycles. The second-order valence-electron chi connectivity index (χ2n) is 10.5. The molecule has 4 aromatic rings. The van der Waals surface area contributed by atoms with Gasteiger partial charge in [0.05, 0.1) is 28.5 Å². The third-order valence-electron chi connectivity index (χ3n) is 7.21. The van der Waals surface area contributed by atoms with Gasteiger partial charge in [0.2, 0.25) is 0 Å². The van der Waals surface area contributed by atoms with Crippen molar-refractivity contribution in [1.82, 2.24) is 9.13 Å². The zero-order valence-electron chi connectivity index (χ0n) is 24.5. The Kier molecular flexibility index (Phi) is 7.87. The van der Waals surface area contributed by atoms with Crippen LogP contribution in [0.5, 0.6) is 5.75 Å². The summed E-state index contributed by atoms with van der Waals surface area (Å²) < 4.78 is 15.9. The molecule has 41 heavy (non-hydrogen) atoms. The highest BCUT2D eigenvalue weighted by Gasteiger charge is 2.35. The number of allylic oxidation sites excluding steroid dienone is 1. The predicted octanol–water partition coefficient (Wildman–Crippen LogP) is 5.30. The van der Waals surface area contributed by atoms with Crippen molar-refractivity contribution in [3.05, 3.63) is 114 Å². The molecule has 0 unspecified atom stereocenters. The van der Waals surface area contributed by atoms with Gasteiger partial charge in [0, 0.05) is 22.6 Å². The van der Waals surface area contributed by atoms with E-state index in [1.807, 2.05) is 56.3 Å². The normalized spacial score (nSPS) is 15.2. The lowest BCUT2D eigenvalue weighted by Gasteiger charge is -2.26. The number of ether oxygens (including phenoxy) is 2. The molecule has 0 fully saturated rings. The molecule has 2 aromatic carbocycles. The van der Waals surface area contributed by atoms with Crippen LogP contribution < -0.4 is 19.6 Å². The Morgan fingerprint density at radius 1 is 1.07 bits per heavy atom. The first-order valence-corrected chi connectivity index (χ1v) is 14.6. The second kappa shape index (κ2) is 11.4. The van der Waals surface area contributed by atoms with E-state index in [2.05, 4.69) is 43.5 Å². The van der Waals surface area contributed by atoms with E-state index in [9.17, 15) is 9.59 Å². The maximum absolute atomic E-state index is 14.2. The van der Waals surface area contributed by atoms with Gasteiger partial charge in [0.1, 0.15) is 11.8 Å². The smallest absolute Gasteiger partial charge is 0.338 e. The van der Waals surface area contributed by atoms with Crippen LogP contribution in [-0.2, 0) is 9.53 Å². The van der Waals surface area contributed by atoms with Crippen molar-refractivity contribution in [3.63, 3.8) is 0 Å². The molecule has 0 saturated heterocycles. The summed E-state index contributed by atoms with van der Waals surface area (Å²) in [5.74, 6) is 0.120. The number of esters is 1. The van der Waals surface area contributed by atoms with Crippen LogP contribution >= 0.6 is 11.3 Å². The molecule has 8 heteroatoms. The van der Waals surface area contributed by atoms with Crippen LogP contribution in [0.25, 0.3) is 11.8 Å². The Bertz CT molecular complexity index is 1860. The summed E-state index contributed by atoms with van der Waals surface area (Å²) in [6.07, 6.45) is 1.84. The van der Waals surface area contributed by atoms with E-state index in [-0.39, 0.29) is 18.3 Å². The van der Waals surface area contributed by atoms with E-state index in [1.165, 1.54) is 16.9 Å². The minimum atomic E-state index is -0.734. The highest BCUT2D eigenvalue weighted by Crippen LogP contribution is 2.36. The SMILES string of the molecule is CCOC(=O)C1=C(C)N=c2s/c(=C/c3cc(C)n(-c4ccccc4C)c3C)c(=O)n2[C@@H]1c1ccccc1OC(C)C. The minimum absolute atomic E-state index is 0.0911. The number of benzene rings is 2. The van der Waals surface area contributed by atoms with E-state index < -0.39 is 12.0 Å². The lowest BCUT2D eigenvalue weighted by Crippen LogP contribution is -2.40. The van der Waals surface area contributed by atoms with Crippen molar-refractivity contribution in [3.8, 4) is 11.4 Å². The van der Waals surface area contributed by atoms with E-state index in [1.54, 1.807) is 18.4 Å². The molecule has 1 aliphatic heterocycles. The van der Waals surface area contributed by atoms with Gasteiger partial charge in [-0.2, -0.15) is 0 Å². The first kappa shape index (κ1) is 28.4. The van der Waals surface area contributed by atoms with Crippen LogP contribution in [0.4, 0.5) is 0 Å². The van der Waals surface area contributed by atoms with Gasteiger partial charge in [-0.1, -0.05) is 47.7 Å². The molecule has 7 nitrogen and oxygen atoms in total. The maximum Gasteiger partial charge on any atom is 0.338 e. The first-order valence-electron chi connectivity index (χ1n) is 13.8. The molecular weight excluding hydrogens is 534 g/mol. The molecule has 0 bridgehead atoms. The van der Waals surface area contributed by atoms with E-state index in [0.717, 1.165) is 22.6 Å². The molecule has 0 spiro atoms. The lowest BCUT2D eigenvalue weighted by atomic mass is 9.95. The van der Waals surface area contributed by atoms with Gasteiger partial charge in [-0.15, -0.1) is 0 Å². The van der Waals surface area contributed by atoms with Crippen molar-refractivity contribution < 1.29 is 14.3 Å². The van der Waals surface area contributed by atoms with Gasteiger partial charge >= 0.3 is 5.97 Å². The Morgan fingerprint density at radius 3 is 2.49 bits per heavy atom. The number of para-hydroxylation sites is 2. The molecular formula is C33H35N3O4S. The third kappa shape index (κ3) is 5.20. The predicted molar refractivity (Wildman–Crippen MR) is 163 cm³/mol. The fourth-order valence-corrected chi connectivity index (χ4v) is 6.45. The number of hydrogen-bond acceptors (Lipinski definition) is 6. The summed E-state index contributed by atoms with van der Waals surface area (Å²) in [6.45, 7) is 13.9. The van der Waals surface area contributed by atoms with Gasteiger partial charge in [-0.3, -0.25) is 9.36 Å². The number of aryl methyl sites for hydroxylation is 2. The second-order valence-corrected chi connectivity index (χ2v) is 11.5. The Morgan fingerprint density at radius 2 is 1.78 bits per heavy atom. The van der Waals surface area contributed by atoms with Crippen LogP contribution in [0.15, 0.2) is 75.7 Å². The largest absolute Gasteiger partial charge is 0.491 e. The Balaban J connectivity index is 1.73. The molecule has 1 aliphatic rings. The maximum atomic E-state index is 14.2. The van der Waals surface area contributed by atoms with Gasteiger partial charge in [-0.25, -0.2) is 9.79 Å². The van der Waals surface area contributed by atoms with Gasteiger partial charge in [0.15, 0.2) is 4.80 Å². The van der Waals surface area contributed by atoms with E-state index in [4.69, 9.17) is 14.5 Å². The molecule has 0 saturated carbocycles. The van der Waals surface area contributed by atoms with Crippen molar-refractivity contribution >= 4 is 23.4 Å². The Labute approximate surface area is 243 Å². The summed E-state index contributed by atoms with van der Waals surface area (Å²) >= 11 is 1.32. The number of carbonyl (C=O) groups excluding carboxylic acids is 1. The summed E-state index contributed by atoms with van der Waals surface area (Å²) in [7, 11) is 0. The zero-order chi connectivity index (χ0) is 29.4. The molecule has 0 N–H and O–H groups in total. The first-order chi connectivity index (χ1) is 19.6. The average molecular weight is 570 g/mol. The van der Waals surface area contributed by atoms with Gasteiger partial charge < -0.3 is 14.0 Å². The number of thiazole rings is 1. The zero-order valence-corrected chi connectivity index (χ0v) is 25.3. The fourth-order valence-electron chi connectivity index (χ4n) is 5.41. The number of carbonyl (C=O) groups is 1. The topological polar surface area (TPSA) is 74.8 Å². The number of fused-ring (bicyclic) bond motifs is 1. The van der Waals surface area contributed by atoms with Crippen LogP contribution in [0.2, 0.25) is 0 Å². The summed E-state index contributed by atoms with van der Waals surface area (Å²) in [5.41, 5.74) is 6.72. The van der Waals surface area contributed by atoms with Crippen LogP contribution in [-0.4, -0.2) is 27.8 Å². The minimum Gasteiger partial charge on any atom is -0.491 e. The number of aromatic nitrogens is 2. The monoisotopic (exact) mass is 569 g/mol. The van der Waals surface area contributed by atoms with Crippen molar-refractivity contribution in [2.45, 2.75) is 60.6 Å². The van der Waals surface area contributed by atoms with Crippen molar-refractivity contribution in [2.75, 3.05) is 6.61 Å². The summed E-state index contributed by atoms with van der Waals surface area (Å²) in [6, 6.07) is 17.1. The average Bonchev–Trinajstić information content (AvgIpc) is 3.37. The van der Waals surface area contributed by atoms with E-state index >= 15 is 0 Å². The number of nitrogens with zero attached hydrogens (tertiary/aromatic N) is 3. The highest BCUT2D eigenvalue weighted by molar-refractivity contribution is 7.07. The molecule has 0 radical (unpaired) electrons. The van der Waals surface area contributed by atoms with Gasteiger partial charge in [0.25, 0.3) is 5.56 Å². The van der Waals surface area contributed by atoms with Crippen molar-refractivity contribution in [1.29, 1.82) is 0 Å². The highest BCUT2D eigenvalue weighted by atomic mass is 32.1. The number of rotatable bonds is 7. The lowest BCUT2D eigenvalue weighted by molar-refractivity contribution is -0.139. The molecule has 1 atom stereocenters. The number of hydrogen-bond donors (Lipinski definition) is 0. The van der Waals surface area contributed by atoms with Gasteiger partial charge in [-0.05, 0) is 83.9 Å². The van der Waals surface area contributed by atoms with Crippen molar-refractivity contribution in [2.24, 2.45) is 4.99 Å². The quantitative estimate of drug-likeness (QED) is 0.283. The Hall–Kier alpha value is -4.17. The molecule has 212 valence electrons. The summed E-state index contributed by atoms with van der Waals surface area (Å²) in [4.78, 5) is 32.7. The third-order valence-corrected chi connectivity index (χ3v) is 8.19.